The van der Waals surface area contributed by atoms with Crippen LogP contribution in [0.5, 0.6) is 0 Å². The molecule has 1 heterocycles. The Morgan fingerprint density at radius 1 is 1.44 bits per heavy atom. The van der Waals surface area contributed by atoms with Gasteiger partial charge in [0.25, 0.3) is 0 Å². The van der Waals surface area contributed by atoms with Gasteiger partial charge in [0.05, 0.1) is 6.61 Å². The molecule has 0 radical (unpaired) electrons. The molecular formula is C12H16ClNOS. The van der Waals surface area contributed by atoms with Crippen molar-refractivity contribution in [3.05, 3.63) is 34.9 Å². The molecule has 1 aliphatic rings. The lowest BCUT2D eigenvalue weighted by atomic mass is 10.1. The molecule has 0 saturated carbocycles. The van der Waals surface area contributed by atoms with Crippen LogP contribution >= 0.6 is 23.4 Å². The van der Waals surface area contributed by atoms with Gasteiger partial charge in [-0.05, 0) is 18.1 Å². The van der Waals surface area contributed by atoms with Crippen LogP contribution in [0.4, 0.5) is 0 Å². The molecule has 2 atom stereocenters. The fourth-order valence-electron chi connectivity index (χ4n) is 1.71. The van der Waals surface area contributed by atoms with Crippen LogP contribution in [-0.2, 0) is 10.5 Å². The number of nitrogens with two attached hydrogens (primary N) is 1. The summed E-state index contributed by atoms with van der Waals surface area (Å²) < 4.78 is 5.44. The summed E-state index contributed by atoms with van der Waals surface area (Å²) in [5.41, 5.74) is 7.22. The minimum Gasteiger partial charge on any atom is -0.380 e. The predicted octanol–water partition coefficient (Wildman–Crippen LogP) is 2.69. The highest BCUT2D eigenvalue weighted by atomic mass is 35.5. The molecule has 0 amide bonds. The lowest BCUT2D eigenvalue weighted by molar-refractivity contribution is 0.0916. The Kier molecular flexibility index (Phi) is 4.53. The number of halogens is 1. The van der Waals surface area contributed by atoms with E-state index in [4.69, 9.17) is 22.1 Å². The monoisotopic (exact) mass is 257 g/mol. The fraction of sp³-hybridized carbons (Fsp3) is 0.500. The van der Waals surface area contributed by atoms with Crippen molar-refractivity contribution in [3.8, 4) is 0 Å². The second kappa shape index (κ2) is 5.92. The smallest absolute Gasteiger partial charge is 0.0600 e. The standard InChI is InChI=1S/C12H16ClNOS/c13-10-4-2-1-3-9(10)8-16-12-7-15-6-5-11(12)14/h1-4,11-12H,5-8,14H2. The maximum atomic E-state index is 6.10. The van der Waals surface area contributed by atoms with Gasteiger partial charge in [-0.2, -0.15) is 0 Å². The van der Waals surface area contributed by atoms with Crippen LogP contribution in [0.3, 0.4) is 0 Å². The first kappa shape index (κ1) is 12.2. The Hall–Kier alpha value is -0.220. The molecule has 0 spiro atoms. The normalized spacial score (nSPS) is 25.6. The van der Waals surface area contributed by atoms with Crippen LogP contribution in [-0.4, -0.2) is 24.5 Å². The third-order valence-electron chi connectivity index (χ3n) is 2.77. The quantitative estimate of drug-likeness (QED) is 0.904. The van der Waals surface area contributed by atoms with Crippen molar-refractivity contribution in [2.45, 2.75) is 23.5 Å². The van der Waals surface area contributed by atoms with Crippen molar-refractivity contribution in [2.24, 2.45) is 5.73 Å². The van der Waals surface area contributed by atoms with Crippen molar-refractivity contribution in [3.63, 3.8) is 0 Å². The van der Waals surface area contributed by atoms with Gasteiger partial charge in [0.2, 0.25) is 0 Å². The van der Waals surface area contributed by atoms with Gasteiger partial charge < -0.3 is 10.5 Å². The van der Waals surface area contributed by atoms with Crippen LogP contribution in [0.1, 0.15) is 12.0 Å². The number of hydrogen-bond donors (Lipinski definition) is 1. The minimum absolute atomic E-state index is 0.251. The molecule has 2 rings (SSSR count). The molecular weight excluding hydrogens is 242 g/mol. The molecule has 1 aromatic carbocycles. The number of benzene rings is 1. The Bertz CT molecular complexity index is 348. The molecule has 2 nitrogen and oxygen atoms in total. The van der Waals surface area contributed by atoms with E-state index in [-0.39, 0.29) is 6.04 Å². The summed E-state index contributed by atoms with van der Waals surface area (Å²) in [7, 11) is 0. The van der Waals surface area contributed by atoms with E-state index in [0.717, 1.165) is 30.4 Å². The third kappa shape index (κ3) is 3.14. The molecule has 0 aromatic heterocycles. The molecule has 1 saturated heterocycles. The molecule has 0 bridgehead atoms. The van der Waals surface area contributed by atoms with Crippen LogP contribution < -0.4 is 5.73 Å². The highest BCUT2D eigenvalue weighted by molar-refractivity contribution is 7.99. The Labute approximate surface area is 105 Å². The van der Waals surface area contributed by atoms with E-state index in [1.165, 1.54) is 5.56 Å². The summed E-state index contributed by atoms with van der Waals surface area (Å²) in [5, 5.41) is 1.23. The maximum absolute atomic E-state index is 6.10. The topological polar surface area (TPSA) is 35.2 Å². The molecule has 1 fully saturated rings. The second-order valence-corrected chi connectivity index (χ2v) is 5.60. The largest absolute Gasteiger partial charge is 0.380 e. The van der Waals surface area contributed by atoms with Gasteiger partial charge in [0.1, 0.15) is 0 Å². The highest BCUT2D eigenvalue weighted by Crippen LogP contribution is 2.27. The number of hydrogen-bond acceptors (Lipinski definition) is 3. The van der Waals surface area contributed by atoms with Gasteiger partial charge in [-0.1, -0.05) is 29.8 Å². The highest BCUT2D eigenvalue weighted by Gasteiger charge is 2.22. The van der Waals surface area contributed by atoms with E-state index in [0.29, 0.717) is 5.25 Å². The Morgan fingerprint density at radius 2 is 2.25 bits per heavy atom. The number of rotatable bonds is 3. The third-order valence-corrected chi connectivity index (χ3v) is 4.53. The van der Waals surface area contributed by atoms with Gasteiger partial charge in [0.15, 0.2) is 0 Å². The molecule has 88 valence electrons. The summed E-state index contributed by atoms with van der Waals surface area (Å²) in [6, 6.07) is 8.20. The number of thioether (sulfide) groups is 1. The summed E-state index contributed by atoms with van der Waals surface area (Å²) >= 11 is 7.94. The van der Waals surface area contributed by atoms with E-state index < -0.39 is 0 Å². The lowest BCUT2D eigenvalue weighted by Crippen LogP contribution is -2.40. The van der Waals surface area contributed by atoms with E-state index in [1.54, 1.807) is 0 Å². The average Bonchev–Trinajstić information content (AvgIpc) is 2.30. The van der Waals surface area contributed by atoms with Crippen molar-refractivity contribution in [1.29, 1.82) is 0 Å². The van der Waals surface area contributed by atoms with Crippen LogP contribution in [0.2, 0.25) is 5.02 Å². The van der Waals surface area contributed by atoms with E-state index in [2.05, 4.69) is 6.07 Å². The maximum Gasteiger partial charge on any atom is 0.0600 e. The zero-order chi connectivity index (χ0) is 11.4. The summed E-state index contributed by atoms with van der Waals surface area (Å²) in [4.78, 5) is 0. The van der Waals surface area contributed by atoms with Gasteiger partial charge in [-0.15, -0.1) is 11.8 Å². The zero-order valence-corrected chi connectivity index (χ0v) is 10.6. The molecule has 2 unspecified atom stereocenters. The van der Waals surface area contributed by atoms with Crippen LogP contribution in [0, 0.1) is 0 Å². The van der Waals surface area contributed by atoms with Gasteiger partial charge in [-0.3, -0.25) is 0 Å². The van der Waals surface area contributed by atoms with E-state index in [1.807, 2.05) is 30.0 Å². The second-order valence-electron chi connectivity index (χ2n) is 3.97. The zero-order valence-electron chi connectivity index (χ0n) is 9.06. The first-order chi connectivity index (χ1) is 7.77. The van der Waals surface area contributed by atoms with Crippen LogP contribution in [0.25, 0.3) is 0 Å². The lowest BCUT2D eigenvalue weighted by Gasteiger charge is -2.28. The molecule has 2 N–H and O–H groups in total. The summed E-state index contributed by atoms with van der Waals surface area (Å²) in [6.45, 7) is 1.56. The first-order valence-corrected chi connectivity index (χ1v) is 6.88. The van der Waals surface area contributed by atoms with Crippen molar-refractivity contribution >= 4 is 23.4 Å². The molecule has 0 aliphatic carbocycles. The number of ether oxygens (including phenoxy) is 1. The SMILES string of the molecule is NC1CCOCC1SCc1ccccc1Cl. The van der Waals surface area contributed by atoms with Gasteiger partial charge in [-0.25, -0.2) is 0 Å². The first-order valence-electron chi connectivity index (χ1n) is 5.45. The Morgan fingerprint density at radius 3 is 3.00 bits per heavy atom. The van der Waals surface area contributed by atoms with E-state index >= 15 is 0 Å². The predicted molar refractivity (Wildman–Crippen MR) is 69.9 cm³/mol. The minimum atomic E-state index is 0.251. The van der Waals surface area contributed by atoms with E-state index in [9.17, 15) is 0 Å². The molecule has 4 heteroatoms. The van der Waals surface area contributed by atoms with Crippen molar-refractivity contribution in [2.75, 3.05) is 13.2 Å². The Balaban J connectivity index is 1.89. The van der Waals surface area contributed by atoms with Gasteiger partial charge >= 0.3 is 0 Å². The molecule has 1 aromatic rings. The van der Waals surface area contributed by atoms with Crippen LogP contribution in [0.15, 0.2) is 24.3 Å². The summed E-state index contributed by atoms with van der Waals surface area (Å²) in [5.74, 6) is 0.904. The average molecular weight is 258 g/mol. The van der Waals surface area contributed by atoms with Crippen molar-refractivity contribution in [1.82, 2.24) is 0 Å². The summed E-state index contributed by atoms with van der Waals surface area (Å²) in [6.07, 6.45) is 0.959. The molecule has 16 heavy (non-hydrogen) atoms. The van der Waals surface area contributed by atoms with Gasteiger partial charge in [0, 0.05) is 28.7 Å². The van der Waals surface area contributed by atoms with Crippen molar-refractivity contribution < 1.29 is 4.74 Å². The fourth-order valence-corrected chi connectivity index (χ4v) is 3.22. The molecule has 1 aliphatic heterocycles.